The summed E-state index contributed by atoms with van der Waals surface area (Å²) in [6.07, 6.45) is 5.51. The van der Waals surface area contributed by atoms with Gasteiger partial charge in [0.2, 0.25) is 0 Å². The van der Waals surface area contributed by atoms with Crippen LogP contribution in [0.1, 0.15) is 36.8 Å². The molecule has 4 nitrogen and oxygen atoms in total. The van der Waals surface area contributed by atoms with E-state index >= 15 is 0 Å². The van der Waals surface area contributed by atoms with E-state index in [9.17, 15) is 0 Å². The van der Waals surface area contributed by atoms with Crippen molar-refractivity contribution >= 4 is 5.84 Å². The summed E-state index contributed by atoms with van der Waals surface area (Å²) in [4.78, 5) is 2.55. The Labute approximate surface area is 120 Å². The van der Waals surface area contributed by atoms with Crippen molar-refractivity contribution in [2.75, 3.05) is 13.1 Å². The molecule has 2 aliphatic rings. The predicted molar refractivity (Wildman–Crippen MR) is 79.7 cm³/mol. The molecule has 108 valence electrons. The maximum Gasteiger partial charge on any atom is 0.170 e. The molecule has 4 heteroatoms. The minimum absolute atomic E-state index is 0.207. The summed E-state index contributed by atoms with van der Waals surface area (Å²) in [5.41, 5.74) is 7.79. The molecule has 20 heavy (non-hydrogen) atoms. The lowest BCUT2D eigenvalue weighted by molar-refractivity contribution is 0.244. The molecule has 0 aliphatic heterocycles. The van der Waals surface area contributed by atoms with E-state index in [0.717, 1.165) is 29.5 Å². The molecular weight excluding hydrogens is 250 g/mol. The van der Waals surface area contributed by atoms with Gasteiger partial charge in [-0.05, 0) is 43.1 Å². The fraction of sp³-hybridized carbons (Fsp3) is 0.562. The van der Waals surface area contributed by atoms with Crippen molar-refractivity contribution < 1.29 is 5.21 Å². The second-order valence-electron chi connectivity index (χ2n) is 6.22. The number of oxime groups is 1. The molecular formula is C16H23N3O. The zero-order valence-corrected chi connectivity index (χ0v) is 11.8. The number of hydrogen-bond acceptors (Lipinski definition) is 3. The average molecular weight is 273 g/mol. The average Bonchev–Trinajstić information content (AvgIpc) is 3.35. The Morgan fingerprint density at radius 3 is 2.30 bits per heavy atom. The van der Waals surface area contributed by atoms with Crippen molar-refractivity contribution in [1.82, 2.24) is 4.90 Å². The molecule has 2 aliphatic carbocycles. The van der Waals surface area contributed by atoms with E-state index in [1.165, 1.54) is 38.8 Å². The zero-order valence-electron chi connectivity index (χ0n) is 11.8. The molecule has 0 unspecified atom stereocenters. The summed E-state index contributed by atoms with van der Waals surface area (Å²) in [7, 11) is 0. The van der Waals surface area contributed by atoms with Gasteiger partial charge in [0.1, 0.15) is 0 Å². The molecule has 2 saturated carbocycles. The third-order valence-corrected chi connectivity index (χ3v) is 4.22. The van der Waals surface area contributed by atoms with Crippen LogP contribution in [0.3, 0.4) is 0 Å². The minimum Gasteiger partial charge on any atom is -0.409 e. The summed E-state index contributed by atoms with van der Waals surface area (Å²) in [5, 5.41) is 12.1. The van der Waals surface area contributed by atoms with Crippen molar-refractivity contribution in [1.29, 1.82) is 0 Å². The summed E-state index contributed by atoms with van der Waals surface area (Å²) >= 11 is 0. The van der Waals surface area contributed by atoms with Crippen LogP contribution in [0.15, 0.2) is 29.4 Å². The first-order chi connectivity index (χ1) is 9.76. The van der Waals surface area contributed by atoms with Gasteiger partial charge in [-0.2, -0.15) is 0 Å². The normalized spacial score (nSPS) is 19.6. The van der Waals surface area contributed by atoms with Crippen LogP contribution in [-0.2, 0) is 6.54 Å². The molecule has 3 rings (SSSR count). The van der Waals surface area contributed by atoms with E-state index in [1.807, 2.05) is 18.2 Å². The molecule has 0 bridgehead atoms. The number of rotatable bonds is 7. The van der Waals surface area contributed by atoms with Crippen LogP contribution >= 0.6 is 0 Å². The molecule has 0 heterocycles. The summed E-state index contributed by atoms with van der Waals surface area (Å²) < 4.78 is 0. The standard InChI is InChI=1S/C16H23N3O/c17-16(18-20)15-4-2-1-3-14(15)11-19(9-12-5-6-12)10-13-7-8-13/h1-4,12-13,20H,5-11H2,(H2,17,18). The topological polar surface area (TPSA) is 61.9 Å². The van der Waals surface area contributed by atoms with Gasteiger partial charge in [-0.1, -0.05) is 29.4 Å². The van der Waals surface area contributed by atoms with E-state index < -0.39 is 0 Å². The van der Waals surface area contributed by atoms with Crippen molar-refractivity contribution in [3.8, 4) is 0 Å². The highest BCUT2D eigenvalue weighted by Gasteiger charge is 2.29. The number of hydrogen-bond donors (Lipinski definition) is 2. The fourth-order valence-electron chi connectivity index (χ4n) is 2.74. The Morgan fingerprint density at radius 2 is 1.75 bits per heavy atom. The number of amidine groups is 1. The van der Waals surface area contributed by atoms with Gasteiger partial charge in [-0.25, -0.2) is 0 Å². The van der Waals surface area contributed by atoms with Crippen LogP contribution in [0, 0.1) is 11.8 Å². The van der Waals surface area contributed by atoms with Crippen molar-refractivity contribution in [2.45, 2.75) is 32.2 Å². The molecule has 1 aromatic carbocycles. The first kappa shape index (κ1) is 13.4. The molecule has 0 saturated heterocycles. The molecule has 0 amide bonds. The van der Waals surface area contributed by atoms with E-state index in [-0.39, 0.29) is 5.84 Å². The van der Waals surface area contributed by atoms with Crippen LogP contribution < -0.4 is 5.73 Å². The van der Waals surface area contributed by atoms with Gasteiger partial charge in [-0.15, -0.1) is 0 Å². The molecule has 0 aromatic heterocycles. The first-order valence-corrected chi connectivity index (χ1v) is 7.54. The molecule has 0 spiro atoms. The smallest absolute Gasteiger partial charge is 0.170 e. The minimum atomic E-state index is 0.207. The van der Waals surface area contributed by atoms with E-state index in [4.69, 9.17) is 10.9 Å². The molecule has 3 N–H and O–H groups in total. The van der Waals surface area contributed by atoms with Gasteiger partial charge < -0.3 is 10.9 Å². The van der Waals surface area contributed by atoms with Gasteiger partial charge >= 0.3 is 0 Å². The maximum atomic E-state index is 8.91. The fourth-order valence-corrected chi connectivity index (χ4v) is 2.74. The maximum absolute atomic E-state index is 8.91. The van der Waals surface area contributed by atoms with E-state index in [2.05, 4.69) is 16.1 Å². The summed E-state index contributed by atoms with van der Waals surface area (Å²) in [6, 6.07) is 7.97. The number of benzene rings is 1. The highest BCUT2D eigenvalue weighted by molar-refractivity contribution is 5.98. The monoisotopic (exact) mass is 273 g/mol. The lowest BCUT2D eigenvalue weighted by Crippen LogP contribution is -2.29. The van der Waals surface area contributed by atoms with Crippen LogP contribution in [0.25, 0.3) is 0 Å². The van der Waals surface area contributed by atoms with Crippen molar-refractivity contribution in [2.24, 2.45) is 22.7 Å². The Hall–Kier alpha value is -1.55. The Kier molecular flexibility index (Phi) is 3.92. The zero-order chi connectivity index (χ0) is 13.9. The quantitative estimate of drug-likeness (QED) is 0.347. The third-order valence-electron chi connectivity index (χ3n) is 4.22. The molecule has 2 fully saturated rings. The Bertz CT molecular complexity index is 478. The van der Waals surface area contributed by atoms with E-state index in [1.54, 1.807) is 0 Å². The van der Waals surface area contributed by atoms with E-state index in [0.29, 0.717) is 0 Å². The Morgan fingerprint density at radius 1 is 1.15 bits per heavy atom. The molecule has 0 radical (unpaired) electrons. The van der Waals surface area contributed by atoms with Crippen LogP contribution in [-0.4, -0.2) is 29.0 Å². The van der Waals surface area contributed by atoms with Gasteiger partial charge in [0, 0.05) is 25.2 Å². The predicted octanol–water partition coefficient (Wildman–Crippen LogP) is 2.40. The van der Waals surface area contributed by atoms with Crippen LogP contribution in [0.5, 0.6) is 0 Å². The number of nitrogens with zero attached hydrogens (tertiary/aromatic N) is 2. The van der Waals surface area contributed by atoms with Gasteiger partial charge in [0.15, 0.2) is 5.84 Å². The van der Waals surface area contributed by atoms with Gasteiger partial charge in [0.25, 0.3) is 0 Å². The van der Waals surface area contributed by atoms with Crippen molar-refractivity contribution in [3.05, 3.63) is 35.4 Å². The van der Waals surface area contributed by atoms with Gasteiger partial charge in [-0.3, -0.25) is 4.90 Å². The molecule has 1 aromatic rings. The van der Waals surface area contributed by atoms with Crippen LogP contribution in [0.2, 0.25) is 0 Å². The van der Waals surface area contributed by atoms with Crippen molar-refractivity contribution in [3.63, 3.8) is 0 Å². The molecule has 0 atom stereocenters. The second-order valence-corrected chi connectivity index (χ2v) is 6.22. The highest BCUT2D eigenvalue weighted by Crippen LogP contribution is 2.34. The summed E-state index contributed by atoms with van der Waals surface area (Å²) in [5.74, 6) is 1.99. The lowest BCUT2D eigenvalue weighted by atomic mass is 10.1. The highest BCUT2D eigenvalue weighted by atomic mass is 16.4. The SMILES string of the molecule is NC(=NO)c1ccccc1CN(CC1CC1)CC1CC1. The largest absolute Gasteiger partial charge is 0.409 e. The third kappa shape index (κ3) is 3.51. The second kappa shape index (κ2) is 5.83. The summed E-state index contributed by atoms with van der Waals surface area (Å²) in [6.45, 7) is 3.29. The van der Waals surface area contributed by atoms with Crippen LogP contribution in [0.4, 0.5) is 0 Å². The number of nitrogens with two attached hydrogens (primary N) is 1. The first-order valence-electron chi connectivity index (χ1n) is 7.54. The Balaban J connectivity index is 1.72. The lowest BCUT2D eigenvalue weighted by Gasteiger charge is -2.23. The van der Waals surface area contributed by atoms with Gasteiger partial charge in [0.05, 0.1) is 0 Å².